The summed E-state index contributed by atoms with van der Waals surface area (Å²) in [5.74, 6) is -1.40. The molecular formula is C57H78O8. The van der Waals surface area contributed by atoms with Crippen LogP contribution in [0.25, 0.3) is 0 Å². The van der Waals surface area contributed by atoms with Crippen LogP contribution < -0.4 is 0 Å². The van der Waals surface area contributed by atoms with Gasteiger partial charge in [-0.25, -0.2) is 19.2 Å². The average Bonchev–Trinajstić information content (AvgIpc) is 3.34. The van der Waals surface area contributed by atoms with Crippen molar-refractivity contribution in [3.8, 4) is 0 Å². The molecule has 0 spiro atoms. The zero-order valence-electron chi connectivity index (χ0n) is 40.7. The zero-order chi connectivity index (χ0) is 47.5. The number of benzene rings is 4. The smallest absolute Gasteiger partial charge is 0.338 e. The molecule has 0 radical (unpaired) electrons. The van der Waals surface area contributed by atoms with Crippen LogP contribution in [0.4, 0.5) is 0 Å². The summed E-state index contributed by atoms with van der Waals surface area (Å²) in [6.07, 6.45) is 11.9. The summed E-state index contributed by atoms with van der Waals surface area (Å²) in [6.45, 7) is 16.8. The molecule has 0 aliphatic rings. The van der Waals surface area contributed by atoms with Crippen molar-refractivity contribution in [1.29, 1.82) is 0 Å². The molecule has 4 rings (SSSR count). The molecule has 0 N–H and O–H groups in total. The number of carbonyl (C=O) groups excluding carboxylic acids is 4. The van der Waals surface area contributed by atoms with Gasteiger partial charge in [-0.3, -0.25) is 0 Å². The van der Waals surface area contributed by atoms with E-state index in [1.165, 1.54) is 0 Å². The van der Waals surface area contributed by atoms with Gasteiger partial charge < -0.3 is 18.9 Å². The minimum atomic E-state index is -0.696. The predicted molar refractivity (Wildman–Crippen MR) is 262 cm³/mol. The van der Waals surface area contributed by atoms with Gasteiger partial charge in [-0.05, 0) is 93.5 Å². The van der Waals surface area contributed by atoms with Crippen LogP contribution in [0, 0.1) is 11.3 Å². The maximum absolute atomic E-state index is 13.2. The van der Waals surface area contributed by atoms with Gasteiger partial charge in [-0.2, -0.15) is 0 Å². The minimum absolute atomic E-state index is 0.136. The molecule has 0 amide bonds. The van der Waals surface area contributed by atoms with Gasteiger partial charge in [0.25, 0.3) is 0 Å². The zero-order valence-corrected chi connectivity index (χ0v) is 40.7. The molecule has 0 saturated carbocycles. The Morgan fingerprint density at radius 3 is 1.11 bits per heavy atom. The molecule has 8 heteroatoms. The fourth-order valence-corrected chi connectivity index (χ4v) is 8.98. The van der Waals surface area contributed by atoms with E-state index in [2.05, 4.69) is 41.5 Å². The van der Waals surface area contributed by atoms with Crippen LogP contribution in [0.2, 0.25) is 0 Å². The van der Waals surface area contributed by atoms with E-state index < -0.39 is 11.0 Å². The highest BCUT2D eigenvalue weighted by atomic mass is 16.6. The lowest BCUT2D eigenvalue weighted by Gasteiger charge is -2.45. The van der Waals surface area contributed by atoms with Gasteiger partial charge in [0, 0.05) is 11.3 Å². The van der Waals surface area contributed by atoms with E-state index in [0.717, 1.165) is 77.0 Å². The summed E-state index contributed by atoms with van der Waals surface area (Å²) < 4.78 is 24.8. The number of unbranched alkanes of at least 4 members (excludes halogenated alkanes) is 2. The Morgan fingerprint density at radius 1 is 0.431 bits per heavy atom. The Morgan fingerprint density at radius 2 is 0.785 bits per heavy atom. The molecule has 0 heterocycles. The van der Waals surface area contributed by atoms with Gasteiger partial charge in [0.15, 0.2) is 0 Å². The van der Waals surface area contributed by atoms with Crippen molar-refractivity contribution in [3.05, 3.63) is 144 Å². The molecule has 354 valence electrons. The van der Waals surface area contributed by atoms with Crippen LogP contribution in [0.15, 0.2) is 121 Å². The predicted octanol–water partition coefficient (Wildman–Crippen LogP) is 14.9. The van der Waals surface area contributed by atoms with Crippen molar-refractivity contribution >= 4 is 23.9 Å². The van der Waals surface area contributed by atoms with Crippen LogP contribution >= 0.6 is 0 Å². The Hall–Kier alpha value is -5.24. The SMILES string of the molecule is CCCC(OC(=O)c1ccccc1)C(C)C(CC)(CCC)OC(=O)c1ccccc1.CCCCC(CCCC)(C(CCC)OC(=O)c1ccccc1)C(CCC)OC(=O)c1ccccc1. The lowest BCUT2D eigenvalue weighted by atomic mass is 9.67. The second-order valence-electron chi connectivity index (χ2n) is 17.3. The summed E-state index contributed by atoms with van der Waals surface area (Å²) in [5.41, 5.74) is 1.06. The lowest BCUT2D eigenvalue weighted by Crippen LogP contribution is -2.49. The summed E-state index contributed by atoms with van der Waals surface area (Å²) >= 11 is 0. The van der Waals surface area contributed by atoms with Crippen molar-refractivity contribution in [1.82, 2.24) is 0 Å². The molecule has 0 saturated heterocycles. The fourth-order valence-electron chi connectivity index (χ4n) is 8.98. The van der Waals surface area contributed by atoms with Crippen molar-refractivity contribution in [2.75, 3.05) is 0 Å². The van der Waals surface area contributed by atoms with Gasteiger partial charge in [-0.15, -0.1) is 0 Å². The average molecular weight is 891 g/mol. The monoisotopic (exact) mass is 891 g/mol. The van der Waals surface area contributed by atoms with E-state index in [1.807, 2.05) is 86.6 Å². The molecule has 5 atom stereocenters. The summed E-state index contributed by atoms with van der Waals surface area (Å²) in [5, 5.41) is 0. The highest BCUT2D eigenvalue weighted by molar-refractivity contribution is 5.91. The topological polar surface area (TPSA) is 105 Å². The van der Waals surface area contributed by atoms with E-state index in [9.17, 15) is 19.2 Å². The van der Waals surface area contributed by atoms with E-state index in [-0.39, 0.29) is 48.1 Å². The number of rotatable bonds is 27. The number of ether oxygens (including phenoxy) is 4. The highest BCUT2D eigenvalue weighted by Crippen LogP contribution is 2.45. The van der Waals surface area contributed by atoms with E-state index >= 15 is 0 Å². The molecule has 8 nitrogen and oxygen atoms in total. The first-order chi connectivity index (χ1) is 31.5. The first-order valence-electron chi connectivity index (χ1n) is 24.6. The molecule has 0 bridgehead atoms. The van der Waals surface area contributed by atoms with Gasteiger partial charge in [0.05, 0.1) is 22.3 Å². The minimum Gasteiger partial charge on any atom is -0.458 e. The summed E-state index contributed by atoms with van der Waals surface area (Å²) in [4.78, 5) is 52.1. The van der Waals surface area contributed by atoms with Gasteiger partial charge in [-0.1, -0.05) is 180 Å². The van der Waals surface area contributed by atoms with Gasteiger partial charge in [0.2, 0.25) is 0 Å². The number of hydrogen-bond donors (Lipinski definition) is 0. The highest BCUT2D eigenvalue weighted by Gasteiger charge is 2.48. The molecule has 0 aromatic heterocycles. The van der Waals surface area contributed by atoms with Crippen LogP contribution in [-0.2, 0) is 18.9 Å². The number of hydrogen-bond acceptors (Lipinski definition) is 8. The normalized spacial score (nSPS) is 14.0. The molecule has 65 heavy (non-hydrogen) atoms. The Balaban J connectivity index is 0.000000349. The maximum atomic E-state index is 13.2. The van der Waals surface area contributed by atoms with E-state index in [4.69, 9.17) is 18.9 Å². The quantitative estimate of drug-likeness (QED) is 0.0430. The molecule has 4 aromatic carbocycles. The van der Waals surface area contributed by atoms with Crippen molar-refractivity contribution in [3.63, 3.8) is 0 Å². The largest absolute Gasteiger partial charge is 0.458 e. The first kappa shape index (κ1) is 54.1. The van der Waals surface area contributed by atoms with Crippen LogP contribution in [-0.4, -0.2) is 47.8 Å². The Bertz CT molecular complexity index is 1860. The fraction of sp³-hybridized carbons (Fsp3) is 0.509. The third kappa shape index (κ3) is 16.3. The molecule has 5 unspecified atom stereocenters. The first-order valence-corrected chi connectivity index (χ1v) is 24.6. The molecule has 0 aliphatic heterocycles. The summed E-state index contributed by atoms with van der Waals surface area (Å²) in [6, 6.07) is 36.5. The van der Waals surface area contributed by atoms with Gasteiger partial charge >= 0.3 is 23.9 Å². The second-order valence-corrected chi connectivity index (χ2v) is 17.3. The second kappa shape index (κ2) is 29.3. The van der Waals surface area contributed by atoms with E-state index in [0.29, 0.717) is 41.5 Å². The Kier molecular flexibility index (Phi) is 24.4. The molecular weight excluding hydrogens is 813 g/mol. The maximum Gasteiger partial charge on any atom is 0.338 e. The number of esters is 4. The van der Waals surface area contributed by atoms with Crippen molar-refractivity contribution in [2.24, 2.45) is 11.3 Å². The van der Waals surface area contributed by atoms with Crippen LogP contribution in [0.1, 0.15) is 193 Å². The third-order valence-electron chi connectivity index (χ3n) is 12.7. The van der Waals surface area contributed by atoms with Crippen LogP contribution in [0.5, 0.6) is 0 Å². The third-order valence-corrected chi connectivity index (χ3v) is 12.7. The van der Waals surface area contributed by atoms with E-state index in [1.54, 1.807) is 48.5 Å². The molecule has 0 fully saturated rings. The summed E-state index contributed by atoms with van der Waals surface area (Å²) in [7, 11) is 0. The standard InChI is InChI=1S/C31H44O4.C26H34O4/c1-5-9-23-31(24-10-6-2,27(17-7-3)34-29(32)25-19-13-11-14-20-25)28(18-8-4)35-30(33)26-21-15-12-16-22-26;1-5-14-23(29-24(27)21-15-10-8-11-16-21)20(4)26(7-3,19-6-2)30-25(28)22-17-12-9-13-18-22/h11-16,19-22,27-28H,5-10,17-18,23-24H2,1-4H3;8-13,15-18,20,23H,5-7,14,19H2,1-4H3. The Labute approximate surface area is 391 Å². The van der Waals surface area contributed by atoms with Crippen LogP contribution in [0.3, 0.4) is 0 Å². The lowest BCUT2D eigenvalue weighted by molar-refractivity contribution is -0.104. The molecule has 0 aliphatic carbocycles. The van der Waals surface area contributed by atoms with Crippen molar-refractivity contribution < 1.29 is 38.1 Å². The number of carbonyl (C=O) groups is 4. The molecule has 4 aromatic rings. The van der Waals surface area contributed by atoms with Gasteiger partial charge in [0.1, 0.15) is 23.9 Å². The van der Waals surface area contributed by atoms with Crippen molar-refractivity contribution in [2.45, 2.75) is 176 Å².